The third-order valence-corrected chi connectivity index (χ3v) is 7.60. The summed E-state index contributed by atoms with van der Waals surface area (Å²) < 4.78 is 7.30. The minimum atomic E-state index is -0.436. The number of nitrogens with one attached hydrogen (secondary N) is 1. The number of aromatic nitrogens is 3. The normalized spacial score (nSPS) is 13.8. The van der Waals surface area contributed by atoms with E-state index in [1.165, 1.54) is 0 Å². The molecule has 0 spiro atoms. The third kappa shape index (κ3) is 6.23. The molecule has 2 N–H and O–H groups in total. The number of carbonyl (C=O) groups is 1. The van der Waals surface area contributed by atoms with Crippen LogP contribution in [0.25, 0.3) is 16.8 Å². The Bertz CT molecular complexity index is 1720. The van der Waals surface area contributed by atoms with E-state index in [-0.39, 0.29) is 6.61 Å². The van der Waals surface area contributed by atoms with E-state index in [0.29, 0.717) is 33.5 Å². The van der Waals surface area contributed by atoms with Gasteiger partial charge in [-0.05, 0) is 73.2 Å². The van der Waals surface area contributed by atoms with Crippen molar-refractivity contribution in [1.29, 1.82) is 0 Å². The van der Waals surface area contributed by atoms with Crippen LogP contribution in [0.5, 0.6) is 5.75 Å². The number of piperazine rings is 1. The Morgan fingerprint density at radius 2 is 1.81 bits per heavy atom. The number of benzene rings is 3. The SMILES string of the molecule is Cc1cc(Nc2nc3ccc(-c4cc(OC(=O)c5ccccc5)ccc4Cl)cn3n2)cc(N2CCN(CCO)CC2)c1. The maximum Gasteiger partial charge on any atom is 0.343 e. The van der Waals surface area contributed by atoms with E-state index in [0.717, 1.165) is 55.2 Å². The second kappa shape index (κ2) is 12.2. The standard InChI is InChI=1S/C32H31ClN6O3/c1-22-17-25(19-26(18-22)38-13-11-37(12-14-38)15-16-40)34-32-35-30-10-7-24(21-39(30)36-32)28-20-27(8-9-29(28)33)42-31(41)23-5-3-2-4-6-23/h2-10,17-21,40H,11-16H2,1H3,(H,34,36). The lowest BCUT2D eigenvalue weighted by molar-refractivity contribution is 0.0735. The van der Waals surface area contributed by atoms with Crippen LogP contribution in [0.15, 0.2) is 85.1 Å². The van der Waals surface area contributed by atoms with Crippen molar-refractivity contribution in [1.82, 2.24) is 19.5 Å². The lowest BCUT2D eigenvalue weighted by atomic mass is 10.1. The van der Waals surface area contributed by atoms with Gasteiger partial charge in [0.05, 0.1) is 12.2 Å². The van der Waals surface area contributed by atoms with E-state index < -0.39 is 5.97 Å². The molecular formula is C32H31ClN6O3. The monoisotopic (exact) mass is 582 g/mol. The highest BCUT2D eigenvalue weighted by atomic mass is 35.5. The predicted octanol–water partition coefficient (Wildman–Crippen LogP) is 5.44. The number of aliphatic hydroxyl groups is 1. The molecule has 1 aliphatic rings. The Balaban J connectivity index is 1.20. The van der Waals surface area contributed by atoms with Crippen LogP contribution >= 0.6 is 11.6 Å². The molecule has 3 aromatic carbocycles. The van der Waals surface area contributed by atoms with Crippen molar-refractivity contribution >= 4 is 40.5 Å². The quantitative estimate of drug-likeness (QED) is 0.185. The van der Waals surface area contributed by atoms with Crippen LogP contribution in [0.2, 0.25) is 5.02 Å². The second-order valence-corrected chi connectivity index (χ2v) is 10.7. The van der Waals surface area contributed by atoms with Gasteiger partial charge in [-0.1, -0.05) is 29.8 Å². The summed E-state index contributed by atoms with van der Waals surface area (Å²) >= 11 is 6.55. The van der Waals surface area contributed by atoms with Gasteiger partial charge in [0.2, 0.25) is 5.95 Å². The van der Waals surface area contributed by atoms with Crippen LogP contribution < -0.4 is 15.0 Å². The molecule has 2 aromatic heterocycles. The predicted molar refractivity (Wildman–Crippen MR) is 165 cm³/mol. The molecule has 0 atom stereocenters. The van der Waals surface area contributed by atoms with Gasteiger partial charge in [0, 0.05) is 66.4 Å². The summed E-state index contributed by atoms with van der Waals surface area (Å²) in [6.07, 6.45) is 1.85. The van der Waals surface area contributed by atoms with Crippen molar-refractivity contribution in [2.24, 2.45) is 0 Å². The molecule has 214 valence electrons. The minimum Gasteiger partial charge on any atom is -0.423 e. The number of aliphatic hydroxyl groups excluding tert-OH is 1. The number of ether oxygens (including phenoxy) is 1. The van der Waals surface area contributed by atoms with Crippen LogP contribution in [-0.2, 0) is 0 Å². The van der Waals surface area contributed by atoms with Crippen molar-refractivity contribution < 1.29 is 14.6 Å². The molecule has 1 saturated heterocycles. The van der Waals surface area contributed by atoms with E-state index in [1.807, 2.05) is 24.4 Å². The van der Waals surface area contributed by atoms with Crippen molar-refractivity contribution in [3.8, 4) is 16.9 Å². The molecule has 3 heterocycles. The fraction of sp³-hybridized carbons (Fsp3) is 0.219. The van der Waals surface area contributed by atoms with E-state index in [1.54, 1.807) is 47.0 Å². The first kappa shape index (κ1) is 27.7. The minimum absolute atomic E-state index is 0.190. The number of anilines is 3. The molecule has 42 heavy (non-hydrogen) atoms. The number of hydrogen-bond acceptors (Lipinski definition) is 8. The maximum atomic E-state index is 12.5. The van der Waals surface area contributed by atoms with Gasteiger partial charge in [-0.25, -0.2) is 9.31 Å². The number of aryl methyl sites for hydroxylation is 1. The number of carbonyl (C=O) groups excluding carboxylic acids is 1. The number of β-amino-alcohol motifs (C(OH)–C–C–N with tert-alkyl or cyclic N) is 1. The Hall–Kier alpha value is -4.44. The van der Waals surface area contributed by atoms with Gasteiger partial charge in [-0.2, -0.15) is 4.98 Å². The first-order valence-corrected chi connectivity index (χ1v) is 14.2. The van der Waals surface area contributed by atoms with E-state index >= 15 is 0 Å². The van der Waals surface area contributed by atoms with Crippen LogP contribution in [0.1, 0.15) is 15.9 Å². The summed E-state index contributed by atoms with van der Waals surface area (Å²) in [5, 5.41) is 17.8. The average molecular weight is 583 g/mol. The smallest absolute Gasteiger partial charge is 0.343 e. The molecule has 5 aromatic rings. The summed E-state index contributed by atoms with van der Waals surface area (Å²) in [5.74, 6) is 0.442. The Morgan fingerprint density at radius 1 is 1.00 bits per heavy atom. The van der Waals surface area contributed by atoms with Crippen LogP contribution in [-0.4, -0.2) is 69.9 Å². The van der Waals surface area contributed by atoms with Crippen LogP contribution in [0, 0.1) is 6.92 Å². The van der Waals surface area contributed by atoms with Gasteiger partial charge in [-0.3, -0.25) is 4.90 Å². The van der Waals surface area contributed by atoms with Crippen LogP contribution in [0.3, 0.4) is 0 Å². The number of rotatable bonds is 8. The van der Waals surface area contributed by atoms with Crippen molar-refractivity contribution in [3.63, 3.8) is 0 Å². The molecule has 0 unspecified atom stereocenters. The molecule has 0 radical (unpaired) electrons. The summed E-state index contributed by atoms with van der Waals surface area (Å²) in [4.78, 5) is 21.8. The molecular weight excluding hydrogens is 552 g/mol. The van der Waals surface area contributed by atoms with Gasteiger partial charge in [0.15, 0.2) is 5.65 Å². The van der Waals surface area contributed by atoms with Crippen LogP contribution in [0.4, 0.5) is 17.3 Å². The molecule has 1 aliphatic heterocycles. The summed E-state index contributed by atoms with van der Waals surface area (Å²) in [7, 11) is 0. The Kier molecular flexibility index (Phi) is 8.05. The zero-order valence-electron chi connectivity index (χ0n) is 23.2. The zero-order valence-corrected chi connectivity index (χ0v) is 24.0. The number of nitrogens with zero attached hydrogens (tertiary/aromatic N) is 5. The number of pyridine rings is 1. The Labute approximate surface area is 248 Å². The fourth-order valence-electron chi connectivity index (χ4n) is 5.14. The number of esters is 1. The molecule has 0 bridgehead atoms. The fourth-order valence-corrected chi connectivity index (χ4v) is 5.37. The lowest BCUT2D eigenvalue weighted by Crippen LogP contribution is -2.47. The third-order valence-electron chi connectivity index (χ3n) is 7.27. The summed E-state index contributed by atoms with van der Waals surface area (Å²) in [5.41, 5.74) is 5.87. The maximum absolute atomic E-state index is 12.5. The molecule has 6 rings (SSSR count). The van der Waals surface area contributed by atoms with Gasteiger partial charge < -0.3 is 20.1 Å². The zero-order chi connectivity index (χ0) is 29.1. The summed E-state index contributed by atoms with van der Waals surface area (Å²) in [6, 6.07) is 24.2. The summed E-state index contributed by atoms with van der Waals surface area (Å²) in [6.45, 7) is 6.66. The van der Waals surface area contributed by atoms with E-state index in [4.69, 9.17) is 16.3 Å². The first-order valence-electron chi connectivity index (χ1n) is 13.9. The molecule has 9 nitrogen and oxygen atoms in total. The highest BCUT2D eigenvalue weighted by Crippen LogP contribution is 2.32. The van der Waals surface area contributed by atoms with E-state index in [2.05, 4.69) is 50.3 Å². The number of hydrogen-bond donors (Lipinski definition) is 2. The average Bonchev–Trinajstić information content (AvgIpc) is 3.40. The lowest BCUT2D eigenvalue weighted by Gasteiger charge is -2.36. The van der Waals surface area contributed by atoms with Crippen molar-refractivity contribution in [3.05, 3.63) is 101 Å². The number of halogens is 1. The molecule has 1 fully saturated rings. The molecule has 0 aliphatic carbocycles. The topological polar surface area (TPSA) is 95.2 Å². The molecule has 0 saturated carbocycles. The van der Waals surface area contributed by atoms with E-state index in [9.17, 15) is 9.90 Å². The number of fused-ring (bicyclic) bond motifs is 1. The van der Waals surface area contributed by atoms with Gasteiger partial charge >= 0.3 is 5.97 Å². The van der Waals surface area contributed by atoms with Gasteiger partial charge in [-0.15, -0.1) is 5.10 Å². The van der Waals surface area contributed by atoms with Gasteiger partial charge in [0.1, 0.15) is 5.75 Å². The highest BCUT2D eigenvalue weighted by Gasteiger charge is 2.18. The largest absolute Gasteiger partial charge is 0.423 e. The van der Waals surface area contributed by atoms with Crippen molar-refractivity contribution in [2.75, 3.05) is 49.5 Å². The molecule has 0 amide bonds. The Morgan fingerprint density at radius 3 is 2.60 bits per heavy atom. The van der Waals surface area contributed by atoms with Crippen molar-refractivity contribution in [2.45, 2.75) is 6.92 Å². The highest BCUT2D eigenvalue weighted by molar-refractivity contribution is 6.33. The first-order chi connectivity index (χ1) is 20.4. The van der Waals surface area contributed by atoms with Gasteiger partial charge in [0.25, 0.3) is 0 Å². The molecule has 10 heteroatoms. The second-order valence-electron chi connectivity index (χ2n) is 10.3.